The first-order chi connectivity index (χ1) is 10.6. The van der Waals surface area contributed by atoms with E-state index in [2.05, 4.69) is 18.8 Å². The maximum atomic E-state index is 12.8. The molecule has 0 aliphatic carbocycles. The normalized spacial score (nSPS) is 17.3. The molecule has 0 saturated carbocycles. The zero-order chi connectivity index (χ0) is 15.6. The summed E-state index contributed by atoms with van der Waals surface area (Å²) >= 11 is 0. The smallest absolute Gasteiger partial charge is 0.255 e. The number of likely N-dealkylation sites (tertiary alicyclic amines) is 1. The van der Waals surface area contributed by atoms with Crippen molar-refractivity contribution in [1.82, 2.24) is 9.88 Å². The first-order valence-corrected chi connectivity index (χ1v) is 7.85. The number of hydrogen-bond donors (Lipinski definition) is 0. The van der Waals surface area contributed by atoms with Crippen LogP contribution in [0.3, 0.4) is 0 Å². The van der Waals surface area contributed by atoms with E-state index < -0.39 is 0 Å². The molecule has 22 heavy (non-hydrogen) atoms. The van der Waals surface area contributed by atoms with Crippen LogP contribution in [0.15, 0.2) is 48.8 Å². The second-order valence-corrected chi connectivity index (χ2v) is 6.82. The van der Waals surface area contributed by atoms with E-state index in [4.69, 9.17) is 0 Å². The molecule has 1 saturated heterocycles. The van der Waals surface area contributed by atoms with Crippen molar-refractivity contribution in [3.63, 3.8) is 0 Å². The van der Waals surface area contributed by atoms with Crippen LogP contribution in [0.1, 0.15) is 37.0 Å². The van der Waals surface area contributed by atoms with Crippen molar-refractivity contribution in [2.45, 2.75) is 26.7 Å². The fourth-order valence-corrected chi connectivity index (χ4v) is 3.12. The molecule has 0 spiro atoms. The summed E-state index contributed by atoms with van der Waals surface area (Å²) in [5.74, 6) is 0.0954. The summed E-state index contributed by atoms with van der Waals surface area (Å²) in [5.41, 5.74) is 2.96. The number of carbonyl (C=O) groups excluding carboxylic acids is 1. The summed E-state index contributed by atoms with van der Waals surface area (Å²) in [6.07, 6.45) is 5.74. The van der Waals surface area contributed by atoms with Gasteiger partial charge in [0.1, 0.15) is 0 Å². The van der Waals surface area contributed by atoms with E-state index in [1.807, 2.05) is 47.5 Å². The van der Waals surface area contributed by atoms with Gasteiger partial charge in [-0.1, -0.05) is 44.2 Å². The predicted molar refractivity (Wildman–Crippen MR) is 88.6 cm³/mol. The highest BCUT2D eigenvalue weighted by Gasteiger charge is 2.29. The van der Waals surface area contributed by atoms with Gasteiger partial charge in [0, 0.05) is 31.0 Å². The Morgan fingerprint density at radius 2 is 1.91 bits per heavy atom. The maximum Gasteiger partial charge on any atom is 0.255 e. The Labute approximate surface area is 132 Å². The van der Waals surface area contributed by atoms with Gasteiger partial charge in [-0.25, -0.2) is 0 Å². The fraction of sp³-hybridized carbons (Fsp3) is 0.368. The molecule has 2 heterocycles. The number of piperidine rings is 1. The van der Waals surface area contributed by atoms with E-state index in [-0.39, 0.29) is 11.3 Å². The van der Waals surface area contributed by atoms with E-state index in [0.717, 1.165) is 30.6 Å². The molecule has 0 atom stereocenters. The molecular weight excluding hydrogens is 272 g/mol. The Hall–Kier alpha value is -2.16. The van der Waals surface area contributed by atoms with Crippen molar-refractivity contribution < 1.29 is 4.79 Å². The maximum absolute atomic E-state index is 12.8. The molecule has 114 valence electrons. The second-order valence-electron chi connectivity index (χ2n) is 6.82. The molecule has 0 bridgehead atoms. The number of hydrogen-bond acceptors (Lipinski definition) is 2. The monoisotopic (exact) mass is 294 g/mol. The third-order valence-electron chi connectivity index (χ3n) is 4.28. The van der Waals surface area contributed by atoms with Gasteiger partial charge in [0.15, 0.2) is 0 Å². The highest BCUT2D eigenvalue weighted by atomic mass is 16.2. The molecule has 1 aliphatic heterocycles. The molecule has 3 rings (SSSR count). The lowest BCUT2D eigenvalue weighted by molar-refractivity contribution is 0.0583. The molecule has 1 amide bonds. The summed E-state index contributed by atoms with van der Waals surface area (Å²) in [6, 6.07) is 12.0. The molecule has 2 aromatic rings. The van der Waals surface area contributed by atoms with Crippen LogP contribution in [0.5, 0.6) is 0 Å². The minimum absolute atomic E-state index is 0.0954. The predicted octanol–water partition coefficient (Wildman–Crippen LogP) is 4.01. The number of nitrogens with zero attached hydrogens (tertiary/aromatic N) is 2. The number of carbonyl (C=O) groups is 1. The zero-order valence-electron chi connectivity index (χ0n) is 13.2. The summed E-state index contributed by atoms with van der Waals surface area (Å²) in [4.78, 5) is 19.0. The van der Waals surface area contributed by atoms with Crippen LogP contribution in [0.25, 0.3) is 11.1 Å². The molecule has 1 aliphatic rings. The highest BCUT2D eigenvalue weighted by Crippen LogP contribution is 2.29. The topological polar surface area (TPSA) is 33.2 Å². The standard InChI is InChI=1S/C19H22N2O/c1-19(2)9-6-10-21(14-19)18(22)17-11-16(12-20-13-17)15-7-4-3-5-8-15/h3-5,7-8,11-13H,6,9-10,14H2,1-2H3. The van der Waals surface area contributed by atoms with Crippen LogP contribution in [-0.2, 0) is 0 Å². The summed E-state index contributed by atoms with van der Waals surface area (Å²) in [5, 5.41) is 0. The van der Waals surface area contributed by atoms with Crippen molar-refractivity contribution in [3.05, 3.63) is 54.4 Å². The van der Waals surface area contributed by atoms with E-state index >= 15 is 0 Å². The minimum atomic E-state index is 0.0954. The first kappa shape index (κ1) is 14.8. The third-order valence-corrected chi connectivity index (χ3v) is 4.28. The van der Waals surface area contributed by atoms with Gasteiger partial charge in [-0.15, -0.1) is 0 Å². The number of amides is 1. The van der Waals surface area contributed by atoms with Gasteiger partial charge in [0.2, 0.25) is 0 Å². The van der Waals surface area contributed by atoms with Gasteiger partial charge in [-0.05, 0) is 29.9 Å². The molecule has 0 N–H and O–H groups in total. The van der Waals surface area contributed by atoms with E-state index in [0.29, 0.717) is 5.56 Å². The molecule has 0 radical (unpaired) electrons. The van der Waals surface area contributed by atoms with Gasteiger partial charge >= 0.3 is 0 Å². The van der Waals surface area contributed by atoms with Gasteiger partial charge in [-0.3, -0.25) is 9.78 Å². The highest BCUT2D eigenvalue weighted by molar-refractivity contribution is 5.95. The number of pyridine rings is 1. The zero-order valence-corrected chi connectivity index (χ0v) is 13.2. The van der Waals surface area contributed by atoms with Crippen molar-refractivity contribution >= 4 is 5.91 Å². The van der Waals surface area contributed by atoms with Crippen molar-refractivity contribution in [2.24, 2.45) is 5.41 Å². The summed E-state index contributed by atoms with van der Waals surface area (Å²) < 4.78 is 0. The molecular formula is C19H22N2O. The quantitative estimate of drug-likeness (QED) is 0.838. The van der Waals surface area contributed by atoms with Crippen molar-refractivity contribution in [3.8, 4) is 11.1 Å². The van der Waals surface area contributed by atoms with Crippen molar-refractivity contribution in [1.29, 1.82) is 0 Å². The number of aromatic nitrogens is 1. The fourth-order valence-electron chi connectivity index (χ4n) is 3.12. The lowest BCUT2D eigenvalue weighted by atomic mass is 9.84. The van der Waals surface area contributed by atoms with Crippen LogP contribution in [-0.4, -0.2) is 28.9 Å². The Balaban J connectivity index is 1.84. The molecule has 1 aromatic heterocycles. The second kappa shape index (κ2) is 5.91. The molecule has 0 unspecified atom stereocenters. The van der Waals surface area contributed by atoms with Gasteiger partial charge < -0.3 is 4.90 Å². The molecule has 1 aromatic carbocycles. The van der Waals surface area contributed by atoms with Gasteiger partial charge in [-0.2, -0.15) is 0 Å². The van der Waals surface area contributed by atoms with Crippen LogP contribution in [0.4, 0.5) is 0 Å². The largest absolute Gasteiger partial charge is 0.338 e. The lowest BCUT2D eigenvalue weighted by Crippen LogP contribution is -2.43. The SMILES string of the molecule is CC1(C)CCCN(C(=O)c2cncc(-c3ccccc3)c2)C1. The Kier molecular flexibility index (Phi) is 3.97. The van der Waals surface area contributed by atoms with E-state index in [9.17, 15) is 4.79 Å². The molecule has 1 fully saturated rings. The van der Waals surface area contributed by atoms with Crippen LogP contribution < -0.4 is 0 Å². The van der Waals surface area contributed by atoms with Crippen LogP contribution >= 0.6 is 0 Å². The average Bonchev–Trinajstić information content (AvgIpc) is 2.54. The molecule has 3 nitrogen and oxygen atoms in total. The van der Waals surface area contributed by atoms with Crippen LogP contribution in [0.2, 0.25) is 0 Å². The van der Waals surface area contributed by atoms with Crippen LogP contribution in [0, 0.1) is 5.41 Å². The summed E-state index contributed by atoms with van der Waals surface area (Å²) in [7, 11) is 0. The molecule has 3 heteroatoms. The number of benzene rings is 1. The third kappa shape index (κ3) is 3.19. The first-order valence-electron chi connectivity index (χ1n) is 7.85. The number of rotatable bonds is 2. The van der Waals surface area contributed by atoms with E-state index in [1.54, 1.807) is 6.20 Å². The average molecular weight is 294 g/mol. The minimum Gasteiger partial charge on any atom is -0.338 e. The summed E-state index contributed by atoms with van der Waals surface area (Å²) in [6.45, 7) is 6.12. The lowest BCUT2D eigenvalue weighted by Gasteiger charge is -2.38. The Morgan fingerprint density at radius 3 is 2.64 bits per heavy atom. The Bertz CT molecular complexity index is 664. The Morgan fingerprint density at radius 1 is 1.14 bits per heavy atom. The van der Waals surface area contributed by atoms with Crippen molar-refractivity contribution in [2.75, 3.05) is 13.1 Å². The van der Waals surface area contributed by atoms with E-state index in [1.165, 1.54) is 6.42 Å². The van der Waals surface area contributed by atoms with Gasteiger partial charge in [0.25, 0.3) is 5.91 Å². The van der Waals surface area contributed by atoms with Gasteiger partial charge in [0.05, 0.1) is 5.56 Å².